The minimum Gasteiger partial charge on any atom is -0.353 e. The Kier molecular flexibility index (Phi) is 12.6. The zero-order valence-corrected chi connectivity index (χ0v) is 43.0. The highest BCUT2D eigenvalue weighted by atomic mass is 32.1. The quantitative estimate of drug-likeness (QED) is 0.153. The van der Waals surface area contributed by atoms with Crippen molar-refractivity contribution in [1.82, 2.24) is 28.3 Å². The molecule has 0 unspecified atom stereocenters. The number of hydrogen-bond acceptors (Lipinski definition) is 14. The fourth-order valence-corrected chi connectivity index (χ4v) is 17.6. The largest absolute Gasteiger partial charge is 0.353 e. The molecule has 6 saturated carbocycles. The number of rotatable bonds is 10. The molecule has 72 heavy (non-hydrogen) atoms. The number of fused-ring (bicyclic) bond motifs is 12. The summed E-state index contributed by atoms with van der Waals surface area (Å²) in [6.07, 6.45) is 11.9. The molecule has 0 radical (unpaired) electrons. The van der Waals surface area contributed by atoms with Crippen molar-refractivity contribution in [2.45, 2.75) is 77.0 Å². The molecule has 4 amide bonds. The summed E-state index contributed by atoms with van der Waals surface area (Å²) < 4.78 is 12.0. The molecule has 4 saturated heterocycles. The molecule has 10 aliphatic rings. The van der Waals surface area contributed by atoms with Crippen molar-refractivity contribution in [2.24, 2.45) is 71.0 Å². The Labute approximate surface area is 430 Å². The van der Waals surface area contributed by atoms with Crippen LogP contribution in [-0.2, 0) is 28.8 Å². The summed E-state index contributed by atoms with van der Waals surface area (Å²) in [5.74, 6) is 3.16. The summed E-state index contributed by atoms with van der Waals surface area (Å²) >= 11 is 3.16. The maximum atomic E-state index is 13.3. The van der Waals surface area contributed by atoms with Crippen molar-refractivity contribution in [3.63, 3.8) is 0 Å². The van der Waals surface area contributed by atoms with Crippen LogP contribution >= 0.6 is 23.1 Å². The summed E-state index contributed by atoms with van der Waals surface area (Å²) in [6.45, 7) is 11.2. The summed E-state index contributed by atoms with van der Waals surface area (Å²) in [6, 6.07) is 16.9. The number of carbonyl (C=O) groups excluding carboxylic acids is 6. The zero-order chi connectivity index (χ0) is 48.8. The number of carbonyl (C=O) groups is 6. The molecule has 6 aliphatic carbocycles. The molecule has 4 aromatic rings. The van der Waals surface area contributed by atoms with Gasteiger partial charge in [0.05, 0.1) is 33.1 Å². The van der Waals surface area contributed by atoms with Gasteiger partial charge in [-0.2, -0.15) is 8.75 Å². The van der Waals surface area contributed by atoms with Gasteiger partial charge in [0, 0.05) is 114 Å². The number of aromatic nitrogens is 2. The monoisotopic (exact) mass is 1010 g/mol. The van der Waals surface area contributed by atoms with Gasteiger partial charge in [-0.25, -0.2) is 0 Å². The number of anilines is 2. The maximum absolute atomic E-state index is 13.3. The van der Waals surface area contributed by atoms with Crippen molar-refractivity contribution in [2.75, 3.05) is 88.3 Å². The molecule has 14 nitrogen and oxygen atoms in total. The van der Waals surface area contributed by atoms with Crippen LogP contribution in [0.15, 0.2) is 48.5 Å². The van der Waals surface area contributed by atoms with Crippen LogP contribution in [0.1, 0.15) is 77.0 Å². The molecule has 380 valence electrons. The highest BCUT2D eigenvalue weighted by Gasteiger charge is 2.65. The number of hydrogen-bond donors (Lipinski definition) is 0. The number of likely N-dealkylation sites (tertiary alicyclic amines) is 2. The number of imide groups is 2. The van der Waals surface area contributed by atoms with E-state index in [0.717, 1.165) is 103 Å². The van der Waals surface area contributed by atoms with Gasteiger partial charge in [0.1, 0.15) is 23.2 Å². The molecular formula is C56H68N8O6S2. The standard InChI is InChI=1S/2C28H34N4O3S/c2*33-22-14-19-13-21(22)25-24(19)27(34)32(28(25)35)16-18-6-2-1-5-17(18)15-30-9-11-31(12-10-30)26-20-7-3-4-8-23(20)36-29-26/h2*3-4,7-8,17-19,21,24-25H,1-2,5-6,9-16H2/t17-,18-,19+,21-,24+,25-;17-,18-,19-,21+,24-,25+/m00/s1. The molecule has 16 heteroatoms. The van der Waals surface area contributed by atoms with Gasteiger partial charge in [-0.15, -0.1) is 0 Å². The minimum absolute atomic E-state index is 0.0263. The Morgan fingerprint density at radius 2 is 0.806 bits per heavy atom. The lowest BCUT2D eigenvalue weighted by Gasteiger charge is -2.40. The Hall–Kier alpha value is -4.64. The lowest BCUT2D eigenvalue weighted by molar-refractivity contribution is -0.143. The zero-order valence-electron chi connectivity index (χ0n) is 41.4. The topological polar surface area (TPSA) is 148 Å². The van der Waals surface area contributed by atoms with E-state index in [0.29, 0.717) is 49.6 Å². The Balaban J connectivity index is 0.000000140. The highest BCUT2D eigenvalue weighted by molar-refractivity contribution is 7.14. The lowest BCUT2D eigenvalue weighted by atomic mass is 9.78. The van der Waals surface area contributed by atoms with E-state index in [2.05, 4.69) is 68.1 Å². The smallest absolute Gasteiger partial charge is 0.233 e. The number of piperazine rings is 2. The average molecular weight is 1010 g/mol. The summed E-state index contributed by atoms with van der Waals surface area (Å²) in [5.41, 5.74) is 0. The first kappa shape index (κ1) is 47.1. The van der Waals surface area contributed by atoms with E-state index in [1.807, 2.05) is 0 Å². The Morgan fingerprint density at radius 3 is 1.21 bits per heavy atom. The second-order valence-electron chi connectivity index (χ2n) is 23.4. The van der Waals surface area contributed by atoms with Crippen LogP contribution in [0.3, 0.4) is 0 Å². The molecule has 4 bridgehead atoms. The van der Waals surface area contributed by atoms with Crippen LogP contribution in [0.5, 0.6) is 0 Å². The Morgan fingerprint density at radius 1 is 0.444 bits per heavy atom. The number of amides is 4. The predicted molar refractivity (Wildman–Crippen MR) is 277 cm³/mol. The third kappa shape index (κ3) is 8.23. The van der Waals surface area contributed by atoms with E-state index in [1.54, 1.807) is 32.9 Å². The number of nitrogens with zero attached hydrogens (tertiary/aromatic N) is 8. The lowest BCUT2D eigenvalue weighted by Crippen LogP contribution is -2.49. The van der Waals surface area contributed by atoms with Crippen LogP contribution in [0.2, 0.25) is 0 Å². The van der Waals surface area contributed by atoms with E-state index in [1.165, 1.54) is 58.7 Å². The van der Waals surface area contributed by atoms with Gasteiger partial charge in [0.15, 0.2) is 0 Å². The van der Waals surface area contributed by atoms with Crippen LogP contribution in [0, 0.1) is 71.0 Å². The second kappa shape index (κ2) is 19.2. The third-order valence-electron chi connectivity index (χ3n) is 19.7. The third-order valence-corrected chi connectivity index (χ3v) is 21.4. The summed E-state index contributed by atoms with van der Waals surface area (Å²) in [7, 11) is 0. The molecule has 0 spiro atoms. The average Bonchev–Trinajstić information content (AvgIpc) is 4.30. The van der Waals surface area contributed by atoms with Crippen molar-refractivity contribution < 1.29 is 28.8 Å². The van der Waals surface area contributed by atoms with Gasteiger partial charge in [0.25, 0.3) is 0 Å². The number of ketones is 2. The fraction of sp³-hybridized carbons (Fsp3) is 0.643. The molecule has 2 aromatic heterocycles. The van der Waals surface area contributed by atoms with Crippen molar-refractivity contribution in [1.29, 1.82) is 0 Å². The van der Waals surface area contributed by atoms with E-state index in [4.69, 9.17) is 8.75 Å². The SMILES string of the molecule is O=C1C[C@@H]2C[C@H]1[C@H]1C(=O)N(C[C@@H]3CCCC[C@H]3CN3CCN(c4nsc5ccccc45)CC3)C(=O)[C@@H]21.O=C1C[C@H]2C[C@@H]1[C@@H]1C(=O)N(C[C@@H]3CCCC[C@H]3CN3CCN(c4nsc5ccccc45)CC3)C(=O)[C@H]21. The van der Waals surface area contributed by atoms with E-state index in [9.17, 15) is 28.8 Å². The number of benzene rings is 2. The van der Waals surface area contributed by atoms with Crippen molar-refractivity contribution in [3.05, 3.63) is 48.5 Å². The van der Waals surface area contributed by atoms with Gasteiger partial charge in [-0.1, -0.05) is 49.9 Å². The van der Waals surface area contributed by atoms with E-state index >= 15 is 0 Å². The molecule has 0 N–H and O–H groups in total. The predicted octanol–water partition coefficient (Wildman–Crippen LogP) is 6.87. The van der Waals surface area contributed by atoms with Gasteiger partial charge >= 0.3 is 0 Å². The first-order valence-corrected chi connectivity index (χ1v) is 29.1. The molecular weight excluding hydrogens is 945 g/mol. The van der Waals surface area contributed by atoms with Crippen molar-refractivity contribution >= 4 is 90.1 Å². The molecule has 10 fully saturated rings. The van der Waals surface area contributed by atoms with Gasteiger partial charge in [-0.05, 0) is 121 Å². The van der Waals surface area contributed by atoms with Crippen LogP contribution < -0.4 is 9.80 Å². The van der Waals surface area contributed by atoms with Gasteiger partial charge < -0.3 is 9.80 Å². The van der Waals surface area contributed by atoms with E-state index in [-0.39, 0.29) is 82.5 Å². The molecule has 2 aromatic carbocycles. The van der Waals surface area contributed by atoms with Crippen LogP contribution in [-0.4, -0.2) is 142 Å². The van der Waals surface area contributed by atoms with E-state index < -0.39 is 0 Å². The highest BCUT2D eigenvalue weighted by Crippen LogP contribution is 2.56. The summed E-state index contributed by atoms with van der Waals surface area (Å²) in [4.78, 5) is 90.8. The van der Waals surface area contributed by atoms with Crippen LogP contribution in [0.4, 0.5) is 11.6 Å². The molecule has 4 aliphatic heterocycles. The van der Waals surface area contributed by atoms with Crippen LogP contribution in [0.25, 0.3) is 20.2 Å². The normalized spacial score (nSPS) is 34.8. The summed E-state index contributed by atoms with van der Waals surface area (Å²) in [5, 5.41) is 2.51. The van der Waals surface area contributed by atoms with Gasteiger partial charge in [0.2, 0.25) is 23.6 Å². The second-order valence-corrected chi connectivity index (χ2v) is 25.0. The number of Topliss-reactive ketones (excluding diaryl/α,β-unsaturated/α-hetero) is 2. The Bertz CT molecular complexity index is 2590. The maximum Gasteiger partial charge on any atom is 0.233 e. The van der Waals surface area contributed by atoms with Crippen molar-refractivity contribution in [3.8, 4) is 0 Å². The first-order chi connectivity index (χ1) is 35.2. The minimum atomic E-state index is -0.347. The van der Waals surface area contributed by atoms with Gasteiger partial charge in [-0.3, -0.25) is 48.4 Å². The molecule has 6 heterocycles. The molecule has 14 rings (SSSR count). The first-order valence-electron chi connectivity index (χ1n) is 27.6. The molecule has 12 atom stereocenters. The fourth-order valence-electron chi connectivity index (χ4n) is 16.0.